The Hall–Kier alpha value is -1.67. The smallest absolute Gasteiger partial charge is 0.0704 e. The van der Waals surface area contributed by atoms with Gasteiger partial charge in [-0.15, -0.1) is 6.58 Å². The zero-order chi connectivity index (χ0) is 11.4. The van der Waals surface area contributed by atoms with Gasteiger partial charge in [0.25, 0.3) is 0 Å². The normalized spacial score (nSPS) is 12.6. The van der Waals surface area contributed by atoms with Crippen LogP contribution in [0.3, 0.4) is 0 Å². The van der Waals surface area contributed by atoms with Gasteiger partial charge < -0.3 is 5.73 Å². The van der Waals surface area contributed by atoms with Crippen LogP contribution < -0.4 is 5.73 Å². The molecule has 0 saturated heterocycles. The molecular weight excluding hydrogens is 196 g/mol. The quantitative estimate of drug-likeness (QED) is 0.791. The molecule has 0 fully saturated rings. The summed E-state index contributed by atoms with van der Waals surface area (Å²) >= 11 is 0. The Kier molecular flexibility index (Phi) is 3.32. The first-order valence-corrected chi connectivity index (χ1v) is 5.50. The first-order valence-electron chi connectivity index (χ1n) is 5.50. The molecule has 0 aliphatic heterocycles. The van der Waals surface area contributed by atoms with E-state index in [-0.39, 0.29) is 6.04 Å². The van der Waals surface area contributed by atoms with Crippen LogP contribution in [0.15, 0.2) is 49.2 Å². The monoisotopic (exact) mass is 212 g/mol. The number of nitrogens with zero attached hydrogens (tertiary/aromatic N) is 1. The molecule has 0 spiro atoms. The lowest BCUT2D eigenvalue weighted by Crippen LogP contribution is -2.21. The highest BCUT2D eigenvalue weighted by Gasteiger charge is 2.05. The lowest BCUT2D eigenvalue weighted by Gasteiger charge is -2.10. The number of benzene rings is 1. The van der Waals surface area contributed by atoms with E-state index in [9.17, 15) is 0 Å². The fourth-order valence-electron chi connectivity index (χ4n) is 1.91. The fourth-order valence-corrected chi connectivity index (χ4v) is 1.91. The highest BCUT2D eigenvalue weighted by molar-refractivity contribution is 5.81. The molecule has 0 amide bonds. The van der Waals surface area contributed by atoms with Crippen molar-refractivity contribution < 1.29 is 0 Å². The number of aromatic nitrogens is 1. The minimum Gasteiger partial charge on any atom is -0.327 e. The second-order valence-electron chi connectivity index (χ2n) is 3.98. The lowest BCUT2D eigenvalue weighted by molar-refractivity contribution is 0.682. The van der Waals surface area contributed by atoms with Crippen molar-refractivity contribution in [2.45, 2.75) is 18.9 Å². The molecule has 0 saturated carbocycles. The molecule has 0 radical (unpaired) electrons. The van der Waals surface area contributed by atoms with Gasteiger partial charge in [-0.05, 0) is 30.5 Å². The van der Waals surface area contributed by atoms with E-state index in [4.69, 9.17) is 5.73 Å². The first kappa shape index (κ1) is 10.8. The van der Waals surface area contributed by atoms with Crippen LogP contribution in [-0.4, -0.2) is 11.0 Å². The van der Waals surface area contributed by atoms with Gasteiger partial charge >= 0.3 is 0 Å². The van der Waals surface area contributed by atoms with Gasteiger partial charge in [-0.1, -0.05) is 24.3 Å². The van der Waals surface area contributed by atoms with Crippen molar-refractivity contribution in [1.29, 1.82) is 0 Å². The number of rotatable bonds is 4. The summed E-state index contributed by atoms with van der Waals surface area (Å²) in [7, 11) is 0. The van der Waals surface area contributed by atoms with Gasteiger partial charge in [0.05, 0.1) is 5.52 Å². The topological polar surface area (TPSA) is 38.9 Å². The molecular formula is C14H16N2. The summed E-state index contributed by atoms with van der Waals surface area (Å²) in [5.41, 5.74) is 8.31. The fraction of sp³-hybridized carbons (Fsp3) is 0.214. The molecule has 1 aromatic carbocycles. The maximum absolute atomic E-state index is 6.02. The average Bonchev–Trinajstić information content (AvgIpc) is 2.30. The van der Waals surface area contributed by atoms with Gasteiger partial charge in [-0.3, -0.25) is 4.98 Å². The Bertz CT molecular complexity index is 486. The molecule has 2 rings (SSSR count). The molecule has 0 bridgehead atoms. The molecule has 1 heterocycles. The highest BCUT2D eigenvalue weighted by atomic mass is 14.7. The number of fused-ring (bicyclic) bond motifs is 1. The van der Waals surface area contributed by atoms with E-state index in [1.807, 2.05) is 36.5 Å². The van der Waals surface area contributed by atoms with Gasteiger partial charge in [-0.2, -0.15) is 0 Å². The molecule has 1 atom stereocenters. The number of pyridine rings is 1. The summed E-state index contributed by atoms with van der Waals surface area (Å²) in [6.07, 6.45) is 5.43. The Balaban J connectivity index is 2.33. The van der Waals surface area contributed by atoms with E-state index in [2.05, 4.69) is 17.6 Å². The van der Waals surface area contributed by atoms with E-state index >= 15 is 0 Å². The Morgan fingerprint density at radius 3 is 2.94 bits per heavy atom. The Morgan fingerprint density at radius 1 is 1.31 bits per heavy atom. The summed E-state index contributed by atoms with van der Waals surface area (Å²) < 4.78 is 0. The average molecular weight is 212 g/mol. The summed E-state index contributed by atoms with van der Waals surface area (Å²) in [6, 6.07) is 10.3. The molecule has 16 heavy (non-hydrogen) atoms. The van der Waals surface area contributed by atoms with Crippen LogP contribution in [0.25, 0.3) is 10.9 Å². The second kappa shape index (κ2) is 4.90. The molecule has 2 aromatic rings. The SMILES string of the molecule is C=CCC(N)Cc1ccnc2ccccc12. The molecule has 1 aromatic heterocycles. The van der Waals surface area contributed by atoms with Crippen LogP contribution in [0, 0.1) is 0 Å². The van der Waals surface area contributed by atoms with Gasteiger partial charge in [0.2, 0.25) is 0 Å². The largest absolute Gasteiger partial charge is 0.327 e. The maximum Gasteiger partial charge on any atom is 0.0704 e. The van der Waals surface area contributed by atoms with Crippen molar-refractivity contribution in [2.24, 2.45) is 5.73 Å². The van der Waals surface area contributed by atoms with E-state index in [0.29, 0.717) is 0 Å². The highest BCUT2D eigenvalue weighted by Crippen LogP contribution is 2.17. The molecule has 1 unspecified atom stereocenters. The lowest BCUT2D eigenvalue weighted by atomic mass is 10.0. The van der Waals surface area contributed by atoms with Crippen molar-refractivity contribution in [2.75, 3.05) is 0 Å². The van der Waals surface area contributed by atoms with Crippen molar-refractivity contribution >= 4 is 10.9 Å². The van der Waals surface area contributed by atoms with E-state index < -0.39 is 0 Å². The van der Waals surface area contributed by atoms with Crippen LogP contribution in [-0.2, 0) is 6.42 Å². The minimum absolute atomic E-state index is 0.142. The number of hydrogen-bond donors (Lipinski definition) is 1. The second-order valence-corrected chi connectivity index (χ2v) is 3.98. The Labute approximate surface area is 95.8 Å². The van der Waals surface area contributed by atoms with E-state index in [1.54, 1.807) is 0 Å². The van der Waals surface area contributed by atoms with Crippen molar-refractivity contribution in [3.63, 3.8) is 0 Å². The molecule has 2 heteroatoms. The molecule has 2 N–H and O–H groups in total. The molecule has 82 valence electrons. The summed E-state index contributed by atoms with van der Waals surface area (Å²) in [4.78, 5) is 4.33. The van der Waals surface area contributed by atoms with Gasteiger partial charge in [0.15, 0.2) is 0 Å². The summed E-state index contributed by atoms with van der Waals surface area (Å²) in [5, 5.41) is 1.20. The standard InChI is InChI=1S/C14H16N2/c1-2-5-12(15)10-11-8-9-16-14-7-4-3-6-13(11)14/h2-4,6-9,12H,1,5,10,15H2. The van der Waals surface area contributed by atoms with Crippen LogP contribution in [0.5, 0.6) is 0 Å². The third kappa shape index (κ3) is 2.28. The minimum atomic E-state index is 0.142. The predicted molar refractivity (Wildman–Crippen MR) is 68.2 cm³/mol. The summed E-state index contributed by atoms with van der Waals surface area (Å²) in [6.45, 7) is 3.71. The van der Waals surface area contributed by atoms with Gasteiger partial charge in [0, 0.05) is 17.6 Å². The zero-order valence-corrected chi connectivity index (χ0v) is 9.26. The number of nitrogens with two attached hydrogens (primary N) is 1. The molecule has 0 aliphatic rings. The number of para-hydroxylation sites is 1. The van der Waals surface area contributed by atoms with Gasteiger partial charge in [-0.25, -0.2) is 0 Å². The third-order valence-electron chi connectivity index (χ3n) is 2.69. The van der Waals surface area contributed by atoms with Gasteiger partial charge in [0.1, 0.15) is 0 Å². The van der Waals surface area contributed by atoms with E-state index in [1.165, 1.54) is 10.9 Å². The third-order valence-corrected chi connectivity index (χ3v) is 2.69. The molecule has 2 nitrogen and oxygen atoms in total. The van der Waals surface area contributed by atoms with Crippen LogP contribution in [0.4, 0.5) is 0 Å². The van der Waals surface area contributed by atoms with Crippen LogP contribution in [0.1, 0.15) is 12.0 Å². The van der Waals surface area contributed by atoms with Crippen molar-refractivity contribution in [3.05, 3.63) is 54.7 Å². The predicted octanol–water partition coefficient (Wildman–Crippen LogP) is 2.68. The zero-order valence-electron chi connectivity index (χ0n) is 9.26. The van der Waals surface area contributed by atoms with Crippen LogP contribution >= 0.6 is 0 Å². The van der Waals surface area contributed by atoms with E-state index in [0.717, 1.165) is 18.4 Å². The van der Waals surface area contributed by atoms with Crippen molar-refractivity contribution in [1.82, 2.24) is 4.98 Å². The Morgan fingerprint density at radius 2 is 2.12 bits per heavy atom. The van der Waals surface area contributed by atoms with Crippen molar-refractivity contribution in [3.8, 4) is 0 Å². The van der Waals surface area contributed by atoms with Crippen LogP contribution in [0.2, 0.25) is 0 Å². The molecule has 0 aliphatic carbocycles. The number of hydrogen-bond acceptors (Lipinski definition) is 2. The first-order chi connectivity index (χ1) is 7.81. The summed E-state index contributed by atoms with van der Waals surface area (Å²) in [5.74, 6) is 0. The maximum atomic E-state index is 6.02.